The van der Waals surface area contributed by atoms with Crippen molar-refractivity contribution in [3.63, 3.8) is 0 Å². The van der Waals surface area contributed by atoms with Crippen LogP contribution in [0.3, 0.4) is 0 Å². The van der Waals surface area contributed by atoms with E-state index in [0.717, 1.165) is 34.5 Å². The molecule has 2 aliphatic rings. The third-order valence-corrected chi connectivity index (χ3v) is 6.66. The van der Waals surface area contributed by atoms with Crippen LogP contribution in [0.4, 0.5) is 0 Å². The summed E-state index contributed by atoms with van der Waals surface area (Å²) in [4.78, 5) is 62.8. The summed E-state index contributed by atoms with van der Waals surface area (Å²) >= 11 is 0. The van der Waals surface area contributed by atoms with Crippen LogP contribution in [0, 0.1) is 0 Å². The summed E-state index contributed by atoms with van der Waals surface area (Å²) in [6, 6.07) is 12.3. The van der Waals surface area contributed by atoms with Gasteiger partial charge in [-0.3, -0.25) is 4.74 Å². The SMILES string of the molecule is COC(=O)C(=C[C@@]1(c2ccc(OC)cc2)OO[C@](c2ccc(OC)cc2)(C2OC2(C(=O)OC)C(=O)OC)O1)C(=O)OC. The van der Waals surface area contributed by atoms with Gasteiger partial charge in [-0.05, 0) is 48.5 Å². The Kier molecular flexibility index (Phi) is 8.54. The van der Waals surface area contributed by atoms with Crippen molar-refractivity contribution < 1.29 is 66.8 Å². The van der Waals surface area contributed by atoms with Gasteiger partial charge in [0.05, 0.1) is 42.7 Å². The summed E-state index contributed by atoms with van der Waals surface area (Å²) in [5.74, 6) is -7.84. The minimum Gasteiger partial charge on any atom is -0.497 e. The van der Waals surface area contributed by atoms with E-state index in [1.807, 2.05) is 0 Å². The molecule has 0 radical (unpaired) electrons. The number of hydrogen-bond donors (Lipinski definition) is 0. The quantitative estimate of drug-likeness (QED) is 0.0745. The molecule has 2 fully saturated rings. The van der Waals surface area contributed by atoms with E-state index in [2.05, 4.69) is 0 Å². The fraction of sp³-hybridized carbons (Fsp3) is 0.357. The van der Waals surface area contributed by atoms with Gasteiger partial charge in [0.15, 0.2) is 6.10 Å². The van der Waals surface area contributed by atoms with E-state index in [4.69, 9.17) is 47.7 Å². The first-order valence-corrected chi connectivity index (χ1v) is 12.2. The maximum absolute atomic E-state index is 12.9. The van der Waals surface area contributed by atoms with Crippen LogP contribution in [0.5, 0.6) is 11.5 Å². The lowest BCUT2D eigenvalue weighted by Gasteiger charge is -2.28. The van der Waals surface area contributed by atoms with E-state index in [1.54, 1.807) is 24.3 Å². The second-order valence-corrected chi connectivity index (χ2v) is 8.82. The van der Waals surface area contributed by atoms with Crippen molar-refractivity contribution in [2.24, 2.45) is 0 Å². The number of hydrogen-bond acceptors (Lipinski definition) is 14. The average Bonchev–Trinajstić information content (AvgIpc) is 3.70. The number of carbonyl (C=O) groups is 4. The number of ether oxygens (including phenoxy) is 8. The number of esters is 4. The summed E-state index contributed by atoms with van der Waals surface area (Å²) in [6.07, 6.45) is -0.565. The maximum Gasteiger partial charge on any atom is 0.353 e. The van der Waals surface area contributed by atoms with E-state index in [-0.39, 0.29) is 11.1 Å². The lowest BCUT2D eigenvalue weighted by atomic mass is 9.92. The molecule has 4 rings (SSSR count). The topological polar surface area (TPSA) is 164 Å². The van der Waals surface area contributed by atoms with Crippen molar-refractivity contribution in [1.82, 2.24) is 0 Å². The molecule has 14 heteroatoms. The molecule has 0 N–H and O–H groups in total. The highest BCUT2D eigenvalue weighted by Gasteiger charge is 2.82. The van der Waals surface area contributed by atoms with Gasteiger partial charge in [0.25, 0.3) is 17.2 Å². The molecule has 3 atom stereocenters. The second-order valence-electron chi connectivity index (χ2n) is 8.82. The fourth-order valence-corrected chi connectivity index (χ4v) is 4.43. The van der Waals surface area contributed by atoms with E-state index in [9.17, 15) is 19.2 Å². The number of carbonyl (C=O) groups excluding carboxylic acids is 4. The Balaban J connectivity index is 1.96. The third-order valence-electron chi connectivity index (χ3n) is 6.66. The van der Waals surface area contributed by atoms with E-state index in [0.29, 0.717) is 11.5 Å². The van der Waals surface area contributed by atoms with Gasteiger partial charge in [0, 0.05) is 17.2 Å². The van der Waals surface area contributed by atoms with Crippen LogP contribution in [-0.4, -0.2) is 78.2 Å². The van der Waals surface area contributed by atoms with Gasteiger partial charge >= 0.3 is 23.9 Å². The van der Waals surface area contributed by atoms with E-state index >= 15 is 0 Å². The first-order valence-electron chi connectivity index (χ1n) is 12.2. The van der Waals surface area contributed by atoms with Crippen LogP contribution >= 0.6 is 0 Å². The number of epoxide rings is 1. The van der Waals surface area contributed by atoms with Crippen LogP contribution in [0.1, 0.15) is 11.1 Å². The highest BCUT2D eigenvalue weighted by Crippen LogP contribution is 2.58. The molecule has 1 unspecified atom stereocenters. The van der Waals surface area contributed by atoms with Gasteiger partial charge in [0.1, 0.15) is 17.1 Å². The van der Waals surface area contributed by atoms with E-state index in [1.165, 1.54) is 38.5 Å². The standard InChI is InChI=1S/C28H28O14/c1-33-18-11-7-16(8-12-18)26(15-20(21(29)35-3)22(30)36-4)40-28(42-41-26,17-9-13-19(34-2)14-10-17)23-27(39-23,24(31)37-5)25(32)38-6/h7-15,23H,1-6H3/t23?,26-,28+/m0/s1. The molecule has 0 aromatic heterocycles. The summed E-state index contributed by atoms with van der Waals surface area (Å²) in [6.45, 7) is 0. The Morgan fingerprint density at radius 1 is 0.667 bits per heavy atom. The minimum absolute atomic E-state index is 0.185. The lowest BCUT2D eigenvalue weighted by molar-refractivity contribution is -0.353. The molecule has 14 nitrogen and oxygen atoms in total. The predicted molar refractivity (Wildman–Crippen MR) is 136 cm³/mol. The Bertz CT molecular complexity index is 1350. The molecule has 0 saturated carbocycles. The Morgan fingerprint density at radius 3 is 1.57 bits per heavy atom. The first-order chi connectivity index (χ1) is 20.1. The average molecular weight is 589 g/mol. The molecule has 2 heterocycles. The van der Waals surface area contributed by atoms with Gasteiger partial charge < -0.3 is 33.2 Å². The number of methoxy groups -OCH3 is 6. The molecule has 2 aliphatic heterocycles. The number of rotatable bonds is 10. The highest BCUT2D eigenvalue weighted by molar-refractivity contribution is 6.14. The summed E-state index contributed by atoms with van der Waals surface area (Å²) in [5, 5.41) is 0. The Hall–Kier alpha value is -4.50. The van der Waals surface area contributed by atoms with Gasteiger partial charge in [-0.1, -0.05) is 0 Å². The second kappa shape index (κ2) is 11.8. The van der Waals surface area contributed by atoms with Crippen LogP contribution in [0.15, 0.2) is 60.2 Å². The van der Waals surface area contributed by atoms with Crippen LogP contribution in [0.25, 0.3) is 0 Å². The highest BCUT2D eigenvalue weighted by atomic mass is 17.3. The monoisotopic (exact) mass is 588 g/mol. The van der Waals surface area contributed by atoms with Gasteiger partial charge in [-0.2, -0.15) is 9.78 Å². The molecule has 0 spiro atoms. The van der Waals surface area contributed by atoms with Crippen LogP contribution in [0.2, 0.25) is 0 Å². The Labute approximate surface area is 239 Å². The molecule has 0 amide bonds. The third kappa shape index (κ3) is 4.94. The normalized spacial score (nSPS) is 23.6. The zero-order valence-corrected chi connectivity index (χ0v) is 23.5. The molecule has 224 valence electrons. The van der Waals surface area contributed by atoms with Gasteiger partial charge in [-0.15, -0.1) is 0 Å². The zero-order valence-electron chi connectivity index (χ0n) is 23.5. The van der Waals surface area contributed by atoms with Crippen LogP contribution < -0.4 is 9.47 Å². The summed E-state index contributed by atoms with van der Waals surface area (Å²) in [5.41, 5.74) is -2.57. The van der Waals surface area contributed by atoms with Crippen molar-refractivity contribution in [1.29, 1.82) is 0 Å². The predicted octanol–water partition coefficient (Wildman–Crippen LogP) is 1.44. The van der Waals surface area contributed by atoms with Crippen molar-refractivity contribution >= 4 is 23.9 Å². The lowest BCUT2D eigenvalue weighted by Crippen LogP contribution is -2.47. The van der Waals surface area contributed by atoms with Gasteiger partial charge in [0.2, 0.25) is 0 Å². The molecule has 0 bridgehead atoms. The van der Waals surface area contributed by atoms with Crippen LogP contribution in [-0.2, 0) is 68.9 Å². The zero-order chi connectivity index (χ0) is 30.7. The minimum atomic E-state index is -2.32. The molecule has 2 saturated heterocycles. The summed E-state index contributed by atoms with van der Waals surface area (Å²) < 4.78 is 41.9. The van der Waals surface area contributed by atoms with E-state index < -0.39 is 52.7 Å². The van der Waals surface area contributed by atoms with Crippen molar-refractivity contribution in [3.8, 4) is 11.5 Å². The van der Waals surface area contributed by atoms with Gasteiger partial charge in [-0.25, -0.2) is 19.2 Å². The fourth-order valence-electron chi connectivity index (χ4n) is 4.43. The van der Waals surface area contributed by atoms with Crippen molar-refractivity contribution in [2.45, 2.75) is 23.3 Å². The molecule has 0 aliphatic carbocycles. The molecular formula is C28H28O14. The largest absolute Gasteiger partial charge is 0.497 e. The smallest absolute Gasteiger partial charge is 0.353 e. The Morgan fingerprint density at radius 2 is 1.14 bits per heavy atom. The molecular weight excluding hydrogens is 560 g/mol. The van der Waals surface area contributed by atoms with Crippen molar-refractivity contribution in [3.05, 3.63) is 71.3 Å². The maximum atomic E-state index is 12.9. The summed E-state index contributed by atoms with van der Waals surface area (Å²) in [7, 11) is 7.16. The number of benzene rings is 2. The van der Waals surface area contributed by atoms with Crippen molar-refractivity contribution in [2.75, 3.05) is 42.7 Å². The molecule has 2 aromatic rings. The molecule has 42 heavy (non-hydrogen) atoms. The first kappa shape index (κ1) is 30.5. The molecule has 2 aromatic carbocycles.